The summed E-state index contributed by atoms with van der Waals surface area (Å²) in [5, 5.41) is 0. The number of alkyl halides is 1. The van der Waals surface area contributed by atoms with Crippen LogP contribution in [0, 0.1) is 0 Å². The van der Waals surface area contributed by atoms with Crippen LogP contribution in [-0.2, 0) is 12.4 Å². The van der Waals surface area contributed by atoms with E-state index in [0.29, 0.717) is 29.3 Å². The molecule has 0 spiro atoms. The highest BCUT2D eigenvalue weighted by Crippen LogP contribution is 2.25. The number of thiazole rings is 1. The standard InChI is InChI=1S/C9H11ClN4OS2.ClH/c1-16-9-13-6-7(17-9)12-5(4-10)14(3-2-11)8(6)15;/h2-4,11H2,1H3;1H. The average Bonchev–Trinajstić information content (AvgIpc) is 2.76. The molecule has 100 valence electrons. The zero-order valence-corrected chi connectivity index (χ0v) is 12.8. The van der Waals surface area contributed by atoms with Crippen molar-refractivity contribution in [2.24, 2.45) is 5.73 Å². The second kappa shape index (κ2) is 6.72. The number of hydrogen-bond acceptors (Lipinski definition) is 6. The summed E-state index contributed by atoms with van der Waals surface area (Å²) < 4.78 is 2.33. The molecular weight excluding hydrogens is 315 g/mol. The molecule has 0 saturated heterocycles. The lowest BCUT2D eigenvalue weighted by Gasteiger charge is -2.07. The summed E-state index contributed by atoms with van der Waals surface area (Å²) in [5.41, 5.74) is 5.72. The number of fused-ring (bicyclic) bond motifs is 1. The SMILES string of the molecule is CSc1nc2c(=O)n(CCN)c(CCl)nc2s1.Cl. The summed E-state index contributed by atoms with van der Waals surface area (Å²) in [6.07, 6.45) is 1.92. The summed E-state index contributed by atoms with van der Waals surface area (Å²) >= 11 is 8.70. The van der Waals surface area contributed by atoms with Gasteiger partial charge in [-0.3, -0.25) is 9.36 Å². The van der Waals surface area contributed by atoms with Gasteiger partial charge in [-0.1, -0.05) is 23.1 Å². The fourth-order valence-corrected chi connectivity index (χ4v) is 3.12. The minimum Gasteiger partial charge on any atom is -0.329 e. The molecule has 5 nitrogen and oxygen atoms in total. The highest BCUT2D eigenvalue weighted by molar-refractivity contribution is 8.00. The second-order valence-corrected chi connectivity index (χ2v) is 5.54. The van der Waals surface area contributed by atoms with E-state index in [1.807, 2.05) is 6.26 Å². The topological polar surface area (TPSA) is 73.8 Å². The fourth-order valence-electron chi connectivity index (χ4n) is 1.48. The van der Waals surface area contributed by atoms with Gasteiger partial charge in [0.15, 0.2) is 14.7 Å². The first-order valence-electron chi connectivity index (χ1n) is 4.91. The molecule has 18 heavy (non-hydrogen) atoms. The van der Waals surface area contributed by atoms with Crippen molar-refractivity contribution in [3.8, 4) is 0 Å². The third-order valence-corrected chi connectivity index (χ3v) is 4.40. The van der Waals surface area contributed by atoms with Crippen LogP contribution in [0.5, 0.6) is 0 Å². The van der Waals surface area contributed by atoms with Gasteiger partial charge in [0.2, 0.25) is 0 Å². The number of nitrogens with two attached hydrogens (primary N) is 1. The Kier molecular flexibility index (Phi) is 5.87. The number of hydrogen-bond donors (Lipinski definition) is 1. The summed E-state index contributed by atoms with van der Waals surface area (Å²) in [7, 11) is 0. The van der Waals surface area contributed by atoms with Crippen molar-refractivity contribution in [1.29, 1.82) is 0 Å². The highest BCUT2D eigenvalue weighted by Gasteiger charge is 2.14. The number of nitrogens with zero attached hydrogens (tertiary/aromatic N) is 3. The molecular formula is C9H12Cl2N4OS2. The van der Waals surface area contributed by atoms with Gasteiger partial charge in [0.05, 0.1) is 5.88 Å². The molecule has 0 aliphatic heterocycles. The van der Waals surface area contributed by atoms with Crippen molar-refractivity contribution in [1.82, 2.24) is 14.5 Å². The fraction of sp³-hybridized carbons (Fsp3) is 0.444. The summed E-state index contributed by atoms with van der Waals surface area (Å²) in [6.45, 7) is 0.784. The lowest BCUT2D eigenvalue weighted by Crippen LogP contribution is -2.28. The summed E-state index contributed by atoms with van der Waals surface area (Å²) in [4.78, 5) is 21.4. The van der Waals surface area contributed by atoms with Gasteiger partial charge >= 0.3 is 0 Å². The van der Waals surface area contributed by atoms with Crippen LogP contribution in [0.15, 0.2) is 9.13 Å². The quantitative estimate of drug-likeness (QED) is 0.683. The average molecular weight is 327 g/mol. The van der Waals surface area contributed by atoms with Crippen LogP contribution < -0.4 is 11.3 Å². The van der Waals surface area contributed by atoms with Crippen molar-refractivity contribution in [2.75, 3.05) is 12.8 Å². The molecule has 0 bridgehead atoms. The molecule has 0 amide bonds. The Balaban J connectivity index is 0.00000162. The molecule has 0 fully saturated rings. The molecule has 2 aromatic rings. The van der Waals surface area contributed by atoms with Gasteiger partial charge in [-0.05, 0) is 6.26 Å². The Bertz CT molecular complexity index is 598. The molecule has 0 aliphatic rings. The van der Waals surface area contributed by atoms with Gasteiger partial charge in [-0.15, -0.1) is 24.0 Å². The predicted molar refractivity (Wildman–Crippen MR) is 79.3 cm³/mol. The van der Waals surface area contributed by atoms with E-state index in [-0.39, 0.29) is 23.8 Å². The Morgan fingerprint density at radius 1 is 1.50 bits per heavy atom. The molecule has 0 atom stereocenters. The van der Waals surface area contributed by atoms with Gasteiger partial charge in [-0.25, -0.2) is 9.97 Å². The molecule has 0 aliphatic carbocycles. The zero-order valence-electron chi connectivity index (χ0n) is 9.55. The maximum atomic E-state index is 12.2. The first-order valence-corrected chi connectivity index (χ1v) is 7.49. The number of halogens is 2. The molecule has 0 aromatic carbocycles. The van der Waals surface area contributed by atoms with E-state index >= 15 is 0 Å². The number of aromatic nitrogens is 3. The van der Waals surface area contributed by atoms with Crippen molar-refractivity contribution in [3.05, 3.63) is 16.2 Å². The summed E-state index contributed by atoms with van der Waals surface area (Å²) in [6, 6.07) is 0. The summed E-state index contributed by atoms with van der Waals surface area (Å²) in [5.74, 6) is 0.739. The van der Waals surface area contributed by atoms with E-state index in [9.17, 15) is 4.79 Å². The van der Waals surface area contributed by atoms with E-state index in [1.165, 1.54) is 27.7 Å². The van der Waals surface area contributed by atoms with Crippen LogP contribution >= 0.6 is 47.1 Å². The van der Waals surface area contributed by atoms with Crippen LogP contribution in [0.4, 0.5) is 0 Å². The Morgan fingerprint density at radius 3 is 2.78 bits per heavy atom. The molecule has 0 saturated carbocycles. The van der Waals surface area contributed by atoms with Gasteiger partial charge in [0.1, 0.15) is 5.82 Å². The number of thioether (sulfide) groups is 1. The lowest BCUT2D eigenvalue weighted by atomic mass is 10.4. The van der Waals surface area contributed by atoms with Crippen molar-refractivity contribution in [3.63, 3.8) is 0 Å². The van der Waals surface area contributed by atoms with Crippen LogP contribution in [0.2, 0.25) is 0 Å². The molecule has 2 aromatic heterocycles. The second-order valence-electron chi connectivity index (χ2n) is 3.24. The molecule has 2 N–H and O–H groups in total. The smallest absolute Gasteiger partial charge is 0.281 e. The first-order chi connectivity index (χ1) is 8.21. The lowest BCUT2D eigenvalue weighted by molar-refractivity contribution is 0.643. The minimum absolute atomic E-state index is 0. The Hall–Kier alpha value is -0.340. The largest absolute Gasteiger partial charge is 0.329 e. The Morgan fingerprint density at radius 2 is 2.22 bits per heavy atom. The maximum absolute atomic E-state index is 12.2. The third kappa shape index (κ3) is 2.80. The van der Waals surface area contributed by atoms with Crippen molar-refractivity contribution < 1.29 is 0 Å². The molecule has 0 unspecified atom stereocenters. The van der Waals surface area contributed by atoms with Gasteiger partial charge in [0, 0.05) is 13.1 Å². The molecule has 0 radical (unpaired) electrons. The zero-order chi connectivity index (χ0) is 12.4. The monoisotopic (exact) mass is 326 g/mol. The molecule has 2 heterocycles. The van der Waals surface area contributed by atoms with Crippen molar-refractivity contribution >= 4 is 57.5 Å². The molecule has 9 heteroatoms. The Labute approximate surface area is 123 Å². The van der Waals surface area contributed by atoms with Crippen molar-refractivity contribution in [2.45, 2.75) is 16.8 Å². The molecule has 2 rings (SSSR count). The van der Waals surface area contributed by atoms with Gasteiger partial charge in [0.25, 0.3) is 5.56 Å². The predicted octanol–water partition coefficient (Wildman–Crippen LogP) is 1.69. The number of rotatable bonds is 4. The van der Waals surface area contributed by atoms with E-state index in [4.69, 9.17) is 17.3 Å². The van der Waals surface area contributed by atoms with E-state index in [2.05, 4.69) is 9.97 Å². The van der Waals surface area contributed by atoms with Crippen LogP contribution in [0.3, 0.4) is 0 Å². The third-order valence-electron chi connectivity index (χ3n) is 2.23. The van der Waals surface area contributed by atoms with Crippen LogP contribution in [0.1, 0.15) is 5.82 Å². The van der Waals surface area contributed by atoms with E-state index in [1.54, 1.807) is 0 Å². The highest BCUT2D eigenvalue weighted by atomic mass is 35.5. The van der Waals surface area contributed by atoms with Crippen LogP contribution in [-0.4, -0.2) is 27.3 Å². The van der Waals surface area contributed by atoms with Gasteiger partial charge < -0.3 is 5.73 Å². The van der Waals surface area contributed by atoms with Crippen LogP contribution in [0.25, 0.3) is 10.3 Å². The van der Waals surface area contributed by atoms with E-state index in [0.717, 1.165) is 4.34 Å². The minimum atomic E-state index is -0.160. The van der Waals surface area contributed by atoms with Gasteiger partial charge in [-0.2, -0.15) is 0 Å². The maximum Gasteiger partial charge on any atom is 0.281 e. The first kappa shape index (κ1) is 15.7. The normalized spacial score (nSPS) is 10.6. The van der Waals surface area contributed by atoms with E-state index < -0.39 is 0 Å².